The highest BCUT2D eigenvalue weighted by Gasteiger charge is 2.20. The van der Waals surface area contributed by atoms with Gasteiger partial charge >= 0.3 is 0 Å². The minimum absolute atomic E-state index is 0.506. The normalized spacial score (nSPS) is 17.9. The van der Waals surface area contributed by atoms with Crippen LogP contribution in [0, 0.1) is 0 Å². The second kappa shape index (κ2) is 3.89. The molecule has 0 aromatic heterocycles. The zero-order chi connectivity index (χ0) is 11.8. The van der Waals surface area contributed by atoms with E-state index in [1.165, 1.54) is 27.5 Å². The first-order valence-corrected chi connectivity index (χ1v) is 6.12. The van der Waals surface area contributed by atoms with Gasteiger partial charge in [0.15, 0.2) is 0 Å². The van der Waals surface area contributed by atoms with Crippen LogP contribution in [0.15, 0.2) is 54.6 Å². The molecule has 0 spiro atoms. The van der Waals surface area contributed by atoms with Crippen LogP contribution in [0.4, 0.5) is 0 Å². The Labute approximate surface area is 102 Å². The molecule has 0 amide bonds. The monoisotopic (exact) mass is 220 g/mol. The molecule has 84 valence electrons. The standard InChI is InChI=1S/C17H16/c1-3-6-15-12(2)11-14-9-4-7-13-8-5-10-16(15)17(13)14/h3-5,7-11,15H,1,6H2,2H3. The van der Waals surface area contributed by atoms with E-state index in [0.717, 1.165) is 6.42 Å². The molecule has 0 nitrogen and oxygen atoms in total. The molecule has 0 radical (unpaired) electrons. The molecule has 0 aliphatic heterocycles. The van der Waals surface area contributed by atoms with Gasteiger partial charge in [0.25, 0.3) is 0 Å². The maximum Gasteiger partial charge on any atom is 0.00895 e. The minimum Gasteiger partial charge on any atom is -0.103 e. The topological polar surface area (TPSA) is 0 Å². The van der Waals surface area contributed by atoms with Gasteiger partial charge in [0.2, 0.25) is 0 Å². The number of benzene rings is 2. The van der Waals surface area contributed by atoms with Gasteiger partial charge in [-0.1, -0.05) is 54.1 Å². The summed E-state index contributed by atoms with van der Waals surface area (Å²) < 4.78 is 0. The lowest BCUT2D eigenvalue weighted by Gasteiger charge is -2.24. The molecule has 0 saturated heterocycles. The van der Waals surface area contributed by atoms with Crippen molar-refractivity contribution in [3.63, 3.8) is 0 Å². The first-order chi connectivity index (χ1) is 8.31. The first-order valence-electron chi connectivity index (χ1n) is 6.12. The Morgan fingerprint density at radius 1 is 1.18 bits per heavy atom. The van der Waals surface area contributed by atoms with E-state index in [-0.39, 0.29) is 0 Å². The Bertz CT molecular complexity index is 612. The van der Waals surface area contributed by atoms with Gasteiger partial charge in [-0.3, -0.25) is 0 Å². The fourth-order valence-corrected chi connectivity index (χ4v) is 2.88. The minimum atomic E-state index is 0.506. The van der Waals surface area contributed by atoms with E-state index in [0.29, 0.717) is 5.92 Å². The molecule has 1 aliphatic carbocycles. The quantitative estimate of drug-likeness (QED) is 0.630. The van der Waals surface area contributed by atoms with Gasteiger partial charge in [0.05, 0.1) is 0 Å². The maximum atomic E-state index is 3.88. The summed E-state index contributed by atoms with van der Waals surface area (Å²) in [7, 11) is 0. The number of rotatable bonds is 2. The Kier molecular flexibility index (Phi) is 2.36. The summed E-state index contributed by atoms with van der Waals surface area (Å²) in [6.45, 7) is 6.11. The van der Waals surface area contributed by atoms with Crippen LogP contribution in [-0.2, 0) is 0 Å². The average Bonchev–Trinajstić information content (AvgIpc) is 2.34. The number of allylic oxidation sites excluding steroid dienone is 2. The summed E-state index contributed by atoms with van der Waals surface area (Å²) in [5, 5.41) is 2.77. The third-order valence-corrected chi connectivity index (χ3v) is 3.68. The van der Waals surface area contributed by atoms with Gasteiger partial charge in [-0.2, -0.15) is 0 Å². The fourth-order valence-electron chi connectivity index (χ4n) is 2.88. The van der Waals surface area contributed by atoms with E-state index in [1.54, 1.807) is 0 Å². The van der Waals surface area contributed by atoms with E-state index in [9.17, 15) is 0 Å². The third-order valence-electron chi connectivity index (χ3n) is 3.68. The van der Waals surface area contributed by atoms with E-state index >= 15 is 0 Å². The average molecular weight is 220 g/mol. The second-order valence-corrected chi connectivity index (χ2v) is 4.76. The van der Waals surface area contributed by atoms with Crippen LogP contribution in [0.25, 0.3) is 16.8 Å². The van der Waals surface area contributed by atoms with Crippen LogP contribution in [0.3, 0.4) is 0 Å². The molecule has 0 N–H and O–H groups in total. The maximum absolute atomic E-state index is 3.88. The van der Waals surface area contributed by atoms with Crippen molar-refractivity contribution in [2.45, 2.75) is 19.3 Å². The Hall–Kier alpha value is -1.82. The van der Waals surface area contributed by atoms with Gasteiger partial charge < -0.3 is 0 Å². The lowest BCUT2D eigenvalue weighted by atomic mass is 9.80. The molecule has 0 saturated carbocycles. The molecule has 1 unspecified atom stereocenters. The molecule has 17 heavy (non-hydrogen) atoms. The highest BCUT2D eigenvalue weighted by molar-refractivity contribution is 5.96. The third kappa shape index (κ3) is 1.52. The second-order valence-electron chi connectivity index (χ2n) is 4.76. The molecular weight excluding hydrogens is 204 g/mol. The van der Waals surface area contributed by atoms with E-state index < -0.39 is 0 Å². The predicted molar refractivity (Wildman–Crippen MR) is 75.2 cm³/mol. The molecule has 0 fully saturated rings. The van der Waals surface area contributed by atoms with E-state index in [4.69, 9.17) is 0 Å². The summed E-state index contributed by atoms with van der Waals surface area (Å²) in [6, 6.07) is 13.2. The van der Waals surface area contributed by atoms with Crippen molar-refractivity contribution in [1.82, 2.24) is 0 Å². The molecule has 1 atom stereocenters. The van der Waals surface area contributed by atoms with Crippen molar-refractivity contribution < 1.29 is 0 Å². The summed E-state index contributed by atoms with van der Waals surface area (Å²) in [6.07, 6.45) is 5.37. The van der Waals surface area contributed by atoms with Crippen LogP contribution in [0.2, 0.25) is 0 Å². The smallest absolute Gasteiger partial charge is 0.00895 e. The van der Waals surface area contributed by atoms with Crippen molar-refractivity contribution in [2.75, 3.05) is 0 Å². The Morgan fingerprint density at radius 3 is 2.71 bits per heavy atom. The van der Waals surface area contributed by atoms with Crippen molar-refractivity contribution in [3.8, 4) is 0 Å². The molecule has 1 aliphatic rings. The summed E-state index contributed by atoms with van der Waals surface area (Å²) >= 11 is 0. The fraction of sp³-hybridized carbons (Fsp3) is 0.176. The zero-order valence-corrected chi connectivity index (χ0v) is 10.1. The Balaban J connectivity index is 2.34. The van der Waals surface area contributed by atoms with Gasteiger partial charge in [0.1, 0.15) is 0 Å². The van der Waals surface area contributed by atoms with Crippen molar-refractivity contribution in [1.29, 1.82) is 0 Å². The van der Waals surface area contributed by atoms with E-state index in [1.807, 2.05) is 6.08 Å². The number of hydrogen-bond acceptors (Lipinski definition) is 0. The highest BCUT2D eigenvalue weighted by atomic mass is 14.2. The van der Waals surface area contributed by atoms with Crippen molar-refractivity contribution in [3.05, 3.63) is 65.8 Å². The molecule has 3 rings (SSSR count). The molecule has 0 bridgehead atoms. The van der Waals surface area contributed by atoms with Crippen LogP contribution in [-0.4, -0.2) is 0 Å². The lowest BCUT2D eigenvalue weighted by Crippen LogP contribution is -2.05. The predicted octanol–water partition coefficient (Wildman–Crippen LogP) is 4.92. The molecule has 2 aromatic carbocycles. The number of hydrogen-bond donors (Lipinski definition) is 0. The molecule has 2 aromatic rings. The van der Waals surface area contributed by atoms with Crippen LogP contribution in [0.5, 0.6) is 0 Å². The van der Waals surface area contributed by atoms with Crippen LogP contribution >= 0.6 is 0 Å². The van der Waals surface area contributed by atoms with Crippen molar-refractivity contribution >= 4 is 16.8 Å². The molecule has 0 heteroatoms. The van der Waals surface area contributed by atoms with Gasteiger partial charge in [-0.05, 0) is 35.2 Å². The largest absolute Gasteiger partial charge is 0.103 e. The van der Waals surface area contributed by atoms with Gasteiger partial charge in [-0.25, -0.2) is 0 Å². The Morgan fingerprint density at radius 2 is 1.94 bits per heavy atom. The first kappa shape index (κ1) is 10.3. The summed E-state index contributed by atoms with van der Waals surface area (Å²) in [5.41, 5.74) is 4.25. The van der Waals surface area contributed by atoms with Crippen LogP contribution in [0.1, 0.15) is 30.4 Å². The lowest BCUT2D eigenvalue weighted by molar-refractivity contribution is 0.818. The zero-order valence-electron chi connectivity index (χ0n) is 10.1. The van der Waals surface area contributed by atoms with Crippen molar-refractivity contribution in [2.24, 2.45) is 0 Å². The van der Waals surface area contributed by atoms with E-state index in [2.05, 4.69) is 56.0 Å². The summed E-state index contributed by atoms with van der Waals surface area (Å²) in [4.78, 5) is 0. The molecule has 0 heterocycles. The highest BCUT2D eigenvalue weighted by Crippen LogP contribution is 2.40. The van der Waals surface area contributed by atoms with Gasteiger partial charge in [0, 0.05) is 5.92 Å². The summed E-state index contributed by atoms with van der Waals surface area (Å²) in [5.74, 6) is 0.506. The van der Waals surface area contributed by atoms with Crippen LogP contribution < -0.4 is 0 Å². The SMILES string of the molecule is C=CCC1C(C)=Cc2cccc3cccc1c23. The molecular formula is C17H16. The van der Waals surface area contributed by atoms with Gasteiger partial charge in [-0.15, -0.1) is 6.58 Å².